The molecule has 0 aromatic carbocycles. The van der Waals surface area contributed by atoms with Gasteiger partial charge in [-0.25, -0.2) is 0 Å². The van der Waals surface area contributed by atoms with Crippen LogP contribution in [0.5, 0.6) is 0 Å². The number of rotatable bonds is 12. The molecule has 0 heterocycles. The van der Waals surface area contributed by atoms with Crippen molar-refractivity contribution < 1.29 is 4.48 Å². The average molecular weight is 378 g/mol. The minimum atomic E-state index is 0.622. The van der Waals surface area contributed by atoms with Crippen molar-refractivity contribution in [1.29, 1.82) is 0 Å². The highest BCUT2D eigenvalue weighted by atomic mass is 127. The zero-order chi connectivity index (χ0) is 14.6. The molecule has 2 heteroatoms. The number of hydrogen-bond donors (Lipinski definition) is 0. The van der Waals surface area contributed by atoms with Crippen molar-refractivity contribution in [3.05, 3.63) is 0 Å². The first kappa shape index (κ1) is 19.2. The first-order valence-electron chi connectivity index (χ1n) is 8.06. The van der Waals surface area contributed by atoms with Gasteiger partial charge in [0.2, 0.25) is 0 Å². The molecule has 19 heavy (non-hydrogen) atoms. The van der Waals surface area contributed by atoms with Crippen molar-refractivity contribution in [2.45, 2.75) is 76.2 Å². The zero-order valence-corrected chi connectivity index (χ0v) is 15.4. The Bertz CT molecular complexity index is 230. The molecule has 0 aromatic heterocycles. The van der Waals surface area contributed by atoms with Crippen molar-refractivity contribution in [2.24, 2.45) is 0 Å². The van der Waals surface area contributed by atoms with Crippen LogP contribution in [0.25, 0.3) is 0 Å². The molecule has 0 saturated carbocycles. The van der Waals surface area contributed by atoms with Crippen molar-refractivity contribution in [1.82, 2.24) is 0 Å². The van der Waals surface area contributed by atoms with Crippen molar-refractivity contribution in [3.63, 3.8) is 0 Å². The summed E-state index contributed by atoms with van der Waals surface area (Å²) in [6, 6.07) is 0. The molecule has 0 bridgehead atoms. The van der Waals surface area contributed by atoms with E-state index in [0.717, 1.165) is 11.0 Å². The second-order valence-electron chi connectivity index (χ2n) is 5.72. The van der Waals surface area contributed by atoms with E-state index < -0.39 is 0 Å². The fourth-order valence-electron chi connectivity index (χ4n) is 2.64. The van der Waals surface area contributed by atoms with Gasteiger partial charge in [0.05, 0.1) is 13.1 Å². The van der Waals surface area contributed by atoms with Gasteiger partial charge in [0, 0.05) is 0 Å². The first-order chi connectivity index (χ1) is 9.13. The SMILES string of the molecule is C#CC[N+](CCCCCC)(CCCCCC)C(C)I. The molecular weight excluding hydrogens is 345 g/mol. The summed E-state index contributed by atoms with van der Waals surface area (Å²) in [7, 11) is 0. The van der Waals surface area contributed by atoms with Gasteiger partial charge in [-0.3, -0.25) is 0 Å². The van der Waals surface area contributed by atoms with Crippen LogP contribution in [0.3, 0.4) is 0 Å². The zero-order valence-electron chi connectivity index (χ0n) is 13.3. The van der Waals surface area contributed by atoms with E-state index in [2.05, 4.69) is 49.3 Å². The average Bonchev–Trinajstić information content (AvgIpc) is 2.39. The number of alkyl halides is 1. The third-order valence-electron chi connectivity index (χ3n) is 4.07. The van der Waals surface area contributed by atoms with Crippen LogP contribution in [0.15, 0.2) is 0 Å². The van der Waals surface area contributed by atoms with Crippen molar-refractivity contribution >= 4 is 22.6 Å². The van der Waals surface area contributed by atoms with Crippen LogP contribution < -0.4 is 0 Å². The highest BCUT2D eigenvalue weighted by Crippen LogP contribution is 2.23. The molecule has 0 aliphatic carbocycles. The molecule has 1 unspecified atom stereocenters. The van der Waals surface area contributed by atoms with E-state index >= 15 is 0 Å². The summed E-state index contributed by atoms with van der Waals surface area (Å²) in [5.41, 5.74) is 0. The fraction of sp³-hybridized carbons (Fsp3) is 0.882. The fourth-order valence-corrected chi connectivity index (χ4v) is 3.39. The van der Waals surface area contributed by atoms with Gasteiger partial charge in [-0.1, -0.05) is 39.5 Å². The molecular formula is C17H33IN+. The third-order valence-corrected chi connectivity index (χ3v) is 5.26. The maximum Gasteiger partial charge on any atom is 0.141 e. The summed E-state index contributed by atoms with van der Waals surface area (Å²) >= 11 is 2.58. The summed E-state index contributed by atoms with van der Waals surface area (Å²) in [5.74, 6) is 2.94. The van der Waals surface area contributed by atoms with Gasteiger partial charge >= 0.3 is 0 Å². The minimum absolute atomic E-state index is 0.622. The molecule has 0 radical (unpaired) electrons. The van der Waals surface area contributed by atoms with Crippen LogP contribution in [0.2, 0.25) is 0 Å². The second-order valence-corrected chi connectivity index (χ2v) is 7.53. The van der Waals surface area contributed by atoms with Crippen LogP contribution in [0, 0.1) is 12.3 Å². The van der Waals surface area contributed by atoms with Gasteiger partial charge < -0.3 is 4.48 Å². The molecule has 0 N–H and O–H groups in total. The molecule has 0 aromatic rings. The highest BCUT2D eigenvalue weighted by Gasteiger charge is 2.30. The number of quaternary nitrogens is 1. The van der Waals surface area contributed by atoms with E-state index in [-0.39, 0.29) is 0 Å². The summed E-state index contributed by atoms with van der Waals surface area (Å²) in [6.45, 7) is 10.3. The maximum atomic E-state index is 5.64. The van der Waals surface area contributed by atoms with Gasteiger partial charge in [-0.15, -0.1) is 6.42 Å². The first-order valence-corrected chi connectivity index (χ1v) is 9.30. The summed E-state index contributed by atoms with van der Waals surface area (Å²) in [6.07, 6.45) is 16.4. The predicted molar refractivity (Wildman–Crippen MR) is 95.5 cm³/mol. The van der Waals surface area contributed by atoms with E-state index in [9.17, 15) is 0 Å². The molecule has 0 aliphatic rings. The van der Waals surface area contributed by atoms with E-state index in [1.807, 2.05) is 0 Å². The quantitative estimate of drug-likeness (QED) is 0.107. The van der Waals surface area contributed by atoms with Crippen LogP contribution in [-0.4, -0.2) is 28.2 Å². The van der Waals surface area contributed by atoms with E-state index in [0.29, 0.717) is 4.05 Å². The van der Waals surface area contributed by atoms with Gasteiger partial charge in [0.1, 0.15) is 10.6 Å². The topological polar surface area (TPSA) is 0 Å². The summed E-state index contributed by atoms with van der Waals surface area (Å²) in [4.78, 5) is 0. The lowest BCUT2D eigenvalue weighted by Gasteiger charge is -2.40. The summed E-state index contributed by atoms with van der Waals surface area (Å²) < 4.78 is 1.75. The molecule has 0 spiro atoms. The van der Waals surface area contributed by atoms with Gasteiger partial charge in [0.15, 0.2) is 0 Å². The Labute approximate surface area is 135 Å². The Balaban J connectivity index is 4.37. The number of halogens is 1. The Hall–Kier alpha value is 0.250. The number of nitrogens with zero attached hydrogens (tertiary/aromatic N) is 1. The van der Waals surface area contributed by atoms with Crippen LogP contribution in [0.1, 0.15) is 72.1 Å². The Kier molecular flexibility index (Phi) is 12.2. The minimum Gasteiger partial charge on any atom is -0.303 e. The Morgan fingerprint density at radius 3 is 1.74 bits per heavy atom. The van der Waals surface area contributed by atoms with Crippen LogP contribution in [-0.2, 0) is 0 Å². The lowest BCUT2D eigenvalue weighted by molar-refractivity contribution is -0.926. The largest absolute Gasteiger partial charge is 0.303 e. The molecule has 0 saturated heterocycles. The smallest absolute Gasteiger partial charge is 0.141 e. The summed E-state index contributed by atoms with van der Waals surface area (Å²) in [5, 5.41) is 0. The number of unbranched alkanes of at least 4 members (excludes halogenated alkanes) is 6. The third kappa shape index (κ3) is 8.19. The van der Waals surface area contributed by atoms with E-state index in [1.165, 1.54) is 64.5 Å². The van der Waals surface area contributed by atoms with Gasteiger partial charge in [-0.2, -0.15) is 0 Å². The standard InChI is InChI=1S/C17H33IN/c1-5-8-10-12-15-19(14-7-3,17(4)18)16-13-11-9-6-2/h3,17H,5-6,8-16H2,1-2,4H3/q+1. The predicted octanol–water partition coefficient (Wildman–Crippen LogP) is 5.38. The van der Waals surface area contributed by atoms with Crippen molar-refractivity contribution in [2.75, 3.05) is 19.6 Å². The van der Waals surface area contributed by atoms with Crippen LogP contribution in [0.4, 0.5) is 0 Å². The van der Waals surface area contributed by atoms with Crippen molar-refractivity contribution in [3.8, 4) is 12.3 Å². The maximum absolute atomic E-state index is 5.64. The van der Waals surface area contributed by atoms with Gasteiger partial charge in [0.25, 0.3) is 0 Å². The lowest BCUT2D eigenvalue weighted by atomic mass is 10.1. The number of hydrogen-bond acceptors (Lipinski definition) is 0. The molecule has 0 aliphatic heterocycles. The Morgan fingerprint density at radius 2 is 1.42 bits per heavy atom. The van der Waals surface area contributed by atoms with E-state index in [4.69, 9.17) is 6.42 Å². The highest BCUT2D eigenvalue weighted by molar-refractivity contribution is 14.1. The van der Waals surface area contributed by atoms with Gasteiger partial charge in [-0.05, 0) is 61.1 Å². The number of terminal acetylenes is 1. The molecule has 0 rings (SSSR count). The monoisotopic (exact) mass is 378 g/mol. The van der Waals surface area contributed by atoms with E-state index in [1.54, 1.807) is 0 Å². The lowest BCUT2D eigenvalue weighted by Crippen LogP contribution is -2.53. The Morgan fingerprint density at radius 1 is 0.947 bits per heavy atom. The molecule has 0 amide bonds. The molecule has 1 atom stereocenters. The normalized spacial score (nSPS) is 13.2. The molecule has 112 valence electrons. The second kappa shape index (κ2) is 12.0. The molecule has 0 fully saturated rings. The molecule has 1 nitrogen and oxygen atoms in total. The van der Waals surface area contributed by atoms with Crippen LogP contribution >= 0.6 is 22.6 Å².